The third-order valence-corrected chi connectivity index (χ3v) is 5.96. The summed E-state index contributed by atoms with van der Waals surface area (Å²) in [6.45, 7) is 1.34. The van der Waals surface area contributed by atoms with Crippen molar-refractivity contribution >= 4 is 17.2 Å². The van der Waals surface area contributed by atoms with Gasteiger partial charge in [0.05, 0.1) is 5.56 Å². The zero-order chi connectivity index (χ0) is 16.8. The van der Waals surface area contributed by atoms with Gasteiger partial charge in [-0.25, -0.2) is 13.8 Å². The van der Waals surface area contributed by atoms with Crippen molar-refractivity contribution in [1.29, 1.82) is 0 Å². The highest BCUT2D eigenvalue weighted by Crippen LogP contribution is 2.38. The first kappa shape index (κ1) is 15.7. The quantitative estimate of drug-likeness (QED) is 0.907. The first-order valence-corrected chi connectivity index (χ1v) is 8.87. The van der Waals surface area contributed by atoms with E-state index in [2.05, 4.69) is 4.98 Å². The highest BCUT2D eigenvalue weighted by Gasteiger charge is 2.42. The smallest absolute Gasteiger partial charge is 0.273 e. The molecule has 1 aliphatic heterocycles. The van der Waals surface area contributed by atoms with Crippen LogP contribution in [0.15, 0.2) is 23.6 Å². The summed E-state index contributed by atoms with van der Waals surface area (Å²) >= 11 is 1.08. The number of hydrogen-bond donors (Lipinski definition) is 1. The van der Waals surface area contributed by atoms with E-state index in [9.17, 15) is 13.6 Å². The third kappa shape index (κ3) is 2.52. The number of rotatable bonds is 2. The Hall–Kier alpha value is -1.86. The third-order valence-electron chi connectivity index (χ3n) is 5.10. The lowest BCUT2D eigenvalue weighted by atomic mass is 9.98. The fourth-order valence-electron chi connectivity index (χ4n) is 3.82. The summed E-state index contributed by atoms with van der Waals surface area (Å²) in [6, 6.07) is 3.83. The lowest BCUT2D eigenvalue weighted by Crippen LogP contribution is -2.33. The van der Waals surface area contributed by atoms with Crippen molar-refractivity contribution < 1.29 is 13.6 Å². The molecule has 2 N–H and O–H groups in total. The van der Waals surface area contributed by atoms with Gasteiger partial charge in [-0.05, 0) is 36.8 Å². The Labute approximate surface area is 142 Å². The number of halogens is 2. The van der Waals surface area contributed by atoms with Crippen molar-refractivity contribution in [3.8, 4) is 10.6 Å². The molecule has 24 heavy (non-hydrogen) atoms. The van der Waals surface area contributed by atoms with Crippen LogP contribution in [-0.2, 0) is 0 Å². The lowest BCUT2D eigenvalue weighted by Gasteiger charge is -2.17. The van der Waals surface area contributed by atoms with Crippen LogP contribution in [-0.4, -0.2) is 34.9 Å². The minimum absolute atomic E-state index is 0.159. The number of fused-ring (bicyclic) bond motifs is 1. The summed E-state index contributed by atoms with van der Waals surface area (Å²) in [5.41, 5.74) is 6.16. The van der Waals surface area contributed by atoms with Crippen molar-refractivity contribution in [3.05, 3.63) is 40.9 Å². The molecule has 2 fully saturated rings. The van der Waals surface area contributed by atoms with Crippen LogP contribution in [0.3, 0.4) is 0 Å². The van der Waals surface area contributed by atoms with Crippen molar-refractivity contribution in [1.82, 2.24) is 9.88 Å². The highest BCUT2D eigenvalue weighted by molar-refractivity contribution is 7.13. The number of thiazole rings is 1. The highest BCUT2D eigenvalue weighted by atomic mass is 32.1. The molecule has 0 radical (unpaired) electrons. The second-order valence-corrected chi connectivity index (χ2v) is 7.37. The summed E-state index contributed by atoms with van der Waals surface area (Å²) in [5, 5.41) is 1.75. The number of nitrogens with two attached hydrogens (primary N) is 1. The van der Waals surface area contributed by atoms with E-state index in [1.807, 2.05) is 0 Å². The van der Waals surface area contributed by atoms with Gasteiger partial charge in [0.2, 0.25) is 0 Å². The number of hydrogen-bond acceptors (Lipinski definition) is 4. The second-order valence-electron chi connectivity index (χ2n) is 6.51. The fourth-order valence-corrected chi connectivity index (χ4v) is 4.66. The Morgan fingerprint density at radius 2 is 2.00 bits per heavy atom. The van der Waals surface area contributed by atoms with Crippen LogP contribution in [0.5, 0.6) is 0 Å². The number of likely N-dealkylation sites (tertiary alicyclic amines) is 1. The summed E-state index contributed by atoms with van der Waals surface area (Å²) in [4.78, 5) is 18.6. The average molecular weight is 349 g/mol. The molecule has 126 valence electrons. The van der Waals surface area contributed by atoms with Gasteiger partial charge >= 0.3 is 0 Å². The van der Waals surface area contributed by atoms with E-state index in [1.165, 1.54) is 18.2 Å². The number of nitrogens with zero attached hydrogens (tertiary/aromatic N) is 2. The minimum Gasteiger partial charge on any atom is -0.337 e. The van der Waals surface area contributed by atoms with Gasteiger partial charge in [-0.3, -0.25) is 4.79 Å². The van der Waals surface area contributed by atoms with Gasteiger partial charge in [0.1, 0.15) is 22.3 Å². The molecule has 1 amide bonds. The van der Waals surface area contributed by atoms with Crippen LogP contribution in [0.1, 0.15) is 23.3 Å². The number of aromatic nitrogens is 1. The molecule has 4 rings (SSSR count). The lowest BCUT2D eigenvalue weighted by molar-refractivity contribution is 0.0774. The molecule has 1 saturated carbocycles. The molecule has 7 heteroatoms. The largest absolute Gasteiger partial charge is 0.337 e. The van der Waals surface area contributed by atoms with Crippen molar-refractivity contribution in [3.63, 3.8) is 0 Å². The monoisotopic (exact) mass is 349 g/mol. The SMILES string of the molecule is NC1CCC2CN(C(=O)c3csc(-c4c(F)cccc4F)n3)CC12. The molecule has 2 heterocycles. The van der Waals surface area contributed by atoms with Gasteiger partial charge in [0.25, 0.3) is 5.91 Å². The topological polar surface area (TPSA) is 59.2 Å². The molecule has 1 saturated heterocycles. The van der Waals surface area contributed by atoms with E-state index in [4.69, 9.17) is 5.73 Å². The molecule has 4 nitrogen and oxygen atoms in total. The Kier molecular flexibility index (Phi) is 3.85. The molecule has 3 unspecified atom stereocenters. The normalized spacial score (nSPS) is 26.0. The predicted molar refractivity (Wildman–Crippen MR) is 87.6 cm³/mol. The molecule has 3 atom stereocenters. The molecule has 1 aliphatic carbocycles. The van der Waals surface area contributed by atoms with Crippen LogP contribution >= 0.6 is 11.3 Å². The number of benzene rings is 1. The fraction of sp³-hybridized carbons (Fsp3) is 0.412. The van der Waals surface area contributed by atoms with E-state index in [1.54, 1.807) is 10.3 Å². The van der Waals surface area contributed by atoms with Crippen LogP contribution in [0.25, 0.3) is 10.6 Å². The second kappa shape index (κ2) is 5.89. The minimum atomic E-state index is -0.676. The van der Waals surface area contributed by atoms with Gasteiger partial charge in [0.15, 0.2) is 0 Å². The molecule has 2 aliphatic rings. The Bertz CT molecular complexity index is 774. The maximum absolute atomic E-state index is 13.9. The van der Waals surface area contributed by atoms with E-state index < -0.39 is 11.6 Å². The molecule has 0 bridgehead atoms. The Morgan fingerprint density at radius 1 is 1.25 bits per heavy atom. The molecule has 0 spiro atoms. The van der Waals surface area contributed by atoms with E-state index in [-0.39, 0.29) is 28.2 Å². The maximum atomic E-state index is 13.9. The molecular formula is C17H17F2N3OS. The zero-order valence-corrected chi connectivity index (χ0v) is 13.7. The summed E-state index contributed by atoms with van der Waals surface area (Å²) in [7, 11) is 0. The van der Waals surface area contributed by atoms with Crippen molar-refractivity contribution in [2.24, 2.45) is 17.6 Å². The standard InChI is InChI=1S/C17H17F2N3OS/c18-11-2-1-3-12(19)15(11)16-21-14(8-24-16)17(23)22-6-9-4-5-13(20)10(9)7-22/h1-3,8-10,13H,4-7,20H2. The van der Waals surface area contributed by atoms with Gasteiger partial charge in [-0.2, -0.15) is 0 Å². The molecular weight excluding hydrogens is 332 g/mol. The summed E-state index contributed by atoms with van der Waals surface area (Å²) in [5.74, 6) is -0.715. The van der Waals surface area contributed by atoms with E-state index in [0.717, 1.165) is 24.2 Å². The van der Waals surface area contributed by atoms with Gasteiger partial charge in [0, 0.05) is 24.5 Å². The van der Waals surface area contributed by atoms with Crippen LogP contribution < -0.4 is 5.73 Å². The van der Waals surface area contributed by atoms with Crippen molar-refractivity contribution in [2.45, 2.75) is 18.9 Å². The molecule has 1 aromatic carbocycles. The van der Waals surface area contributed by atoms with Crippen LogP contribution in [0.4, 0.5) is 8.78 Å². The van der Waals surface area contributed by atoms with E-state index in [0.29, 0.717) is 24.9 Å². The van der Waals surface area contributed by atoms with E-state index >= 15 is 0 Å². The van der Waals surface area contributed by atoms with Crippen molar-refractivity contribution in [2.75, 3.05) is 13.1 Å². The van der Waals surface area contributed by atoms with Crippen LogP contribution in [0.2, 0.25) is 0 Å². The number of amides is 1. The summed E-state index contributed by atoms with van der Waals surface area (Å²) in [6.07, 6.45) is 2.07. The average Bonchev–Trinajstić information content (AvgIpc) is 3.25. The maximum Gasteiger partial charge on any atom is 0.273 e. The first-order valence-electron chi connectivity index (χ1n) is 7.99. The van der Waals surface area contributed by atoms with Gasteiger partial charge < -0.3 is 10.6 Å². The predicted octanol–water partition coefficient (Wildman–Crippen LogP) is 2.90. The first-order chi connectivity index (χ1) is 11.5. The molecule has 1 aromatic heterocycles. The van der Waals surface area contributed by atoms with Gasteiger partial charge in [-0.1, -0.05) is 6.07 Å². The Balaban J connectivity index is 1.56. The van der Waals surface area contributed by atoms with Gasteiger partial charge in [-0.15, -0.1) is 11.3 Å². The van der Waals surface area contributed by atoms with Crippen LogP contribution in [0, 0.1) is 23.5 Å². The number of carbonyl (C=O) groups is 1. The Morgan fingerprint density at radius 3 is 2.71 bits per heavy atom. The molecule has 2 aromatic rings. The number of carbonyl (C=O) groups excluding carboxylic acids is 1. The zero-order valence-electron chi connectivity index (χ0n) is 12.9. The summed E-state index contributed by atoms with van der Waals surface area (Å²) < 4.78 is 27.7.